The second-order valence-electron chi connectivity index (χ2n) is 13.4. The number of thiazole rings is 1. The summed E-state index contributed by atoms with van der Waals surface area (Å²) >= 11 is 1.37. The number of aryl methyl sites for hydroxylation is 2. The summed E-state index contributed by atoms with van der Waals surface area (Å²) in [5.41, 5.74) is 1.84. The van der Waals surface area contributed by atoms with Crippen LogP contribution in [0.15, 0.2) is 60.2 Å². The van der Waals surface area contributed by atoms with Gasteiger partial charge in [-0.2, -0.15) is 0 Å². The number of hydrogen-bond acceptors (Lipinski definition) is 11. The van der Waals surface area contributed by atoms with Crippen LogP contribution >= 0.6 is 11.3 Å². The largest absolute Gasteiger partial charge is 0.444 e. The number of aromatic nitrogens is 4. The van der Waals surface area contributed by atoms with Crippen LogP contribution in [0.4, 0.5) is 15.1 Å². The fraction of sp³-hybridized carbons (Fsp3) is 0.361. The number of benzene rings is 2. The molecule has 4 heterocycles. The van der Waals surface area contributed by atoms with E-state index in [1.165, 1.54) is 17.4 Å². The fourth-order valence-electron chi connectivity index (χ4n) is 5.89. The summed E-state index contributed by atoms with van der Waals surface area (Å²) in [6, 6.07) is 11.6. The first-order valence-corrected chi connectivity index (χ1v) is 19.0. The van der Waals surface area contributed by atoms with Crippen molar-refractivity contribution in [3.05, 3.63) is 87.9 Å². The summed E-state index contributed by atoms with van der Waals surface area (Å²) in [7, 11) is -3.74. The van der Waals surface area contributed by atoms with Gasteiger partial charge in [-0.3, -0.25) is 0 Å². The molecule has 0 bridgehead atoms. The highest BCUT2D eigenvalue weighted by atomic mass is 32.2. The molecule has 1 saturated heterocycles. The normalized spacial score (nSPS) is 15.2. The number of piperidine rings is 1. The number of likely N-dealkylation sites (tertiary alicyclic amines) is 1. The molecule has 1 aliphatic heterocycles. The molecule has 11 nitrogen and oxygen atoms in total. The third kappa shape index (κ3) is 8.36. The average Bonchev–Trinajstić information content (AvgIpc) is 3.46. The predicted octanol–water partition coefficient (Wildman–Crippen LogP) is 7.62. The van der Waals surface area contributed by atoms with Crippen molar-refractivity contribution in [1.29, 1.82) is 0 Å². The standard InChI is InChI=1S/C36H39FN6O5S2/c1-22-10-11-26-27(12-13-30(37)29(26)21-50(45,46)20-25-19-49-23(2)40-25)32(22)47-33-28(9-6-15-38-33)31-14-16-39-34(42-31)41-24-8-7-17-43(18-24)35(44)48-36(3,4)5/h6,9-16,19,24H,7-8,17-18,20-21H2,1-5H3,(H,39,41,42)/t24-/m0/s1. The lowest BCUT2D eigenvalue weighted by molar-refractivity contribution is 0.0206. The van der Waals surface area contributed by atoms with E-state index >= 15 is 4.39 Å². The van der Waals surface area contributed by atoms with Gasteiger partial charge in [0.25, 0.3) is 0 Å². The van der Waals surface area contributed by atoms with E-state index in [0.29, 0.717) is 52.5 Å². The number of fused-ring (bicyclic) bond motifs is 1. The molecular formula is C36H39FN6O5S2. The maximum absolute atomic E-state index is 15.3. The molecule has 1 N–H and O–H groups in total. The van der Waals surface area contributed by atoms with Crippen LogP contribution < -0.4 is 10.1 Å². The van der Waals surface area contributed by atoms with Gasteiger partial charge >= 0.3 is 6.09 Å². The fourth-order valence-corrected chi connectivity index (χ4v) is 8.04. The Morgan fingerprint density at radius 3 is 2.60 bits per heavy atom. The molecular weight excluding hydrogens is 680 g/mol. The lowest BCUT2D eigenvalue weighted by atomic mass is 10.0. The van der Waals surface area contributed by atoms with Crippen molar-refractivity contribution in [3.63, 3.8) is 0 Å². The van der Waals surface area contributed by atoms with E-state index in [1.54, 1.807) is 53.0 Å². The predicted molar refractivity (Wildman–Crippen MR) is 192 cm³/mol. The number of amides is 1. The molecule has 0 unspecified atom stereocenters. The van der Waals surface area contributed by atoms with Gasteiger partial charge in [0.1, 0.15) is 17.2 Å². The first kappa shape index (κ1) is 35.1. The van der Waals surface area contributed by atoms with Gasteiger partial charge in [-0.25, -0.2) is 37.5 Å². The first-order valence-electron chi connectivity index (χ1n) is 16.3. The van der Waals surface area contributed by atoms with E-state index in [4.69, 9.17) is 14.5 Å². The lowest BCUT2D eigenvalue weighted by Crippen LogP contribution is -2.47. The van der Waals surface area contributed by atoms with Gasteiger partial charge in [-0.15, -0.1) is 11.3 Å². The zero-order chi connectivity index (χ0) is 35.6. The summed E-state index contributed by atoms with van der Waals surface area (Å²) in [6.07, 6.45) is 4.54. The molecule has 50 heavy (non-hydrogen) atoms. The molecule has 14 heteroatoms. The molecule has 0 saturated carbocycles. The molecule has 1 fully saturated rings. The Morgan fingerprint density at radius 1 is 1.04 bits per heavy atom. The van der Waals surface area contributed by atoms with E-state index in [9.17, 15) is 13.2 Å². The number of carbonyl (C=O) groups excluding carboxylic acids is 1. The number of ether oxygens (including phenoxy) is 2. The molecule has 5 aromatic rings. The van der Waals surface area contributed by atoms with Gasteiger partial charge in [0, 0.05) is 47.9 Å². The van der Waals surface area contributed by atoms with Gasteiger partial charge in [0.05, 0.1) is 33.5 Å². The molecule has 2 aromatic carbocycles. The maximum atomic E-state index is 15.3. The Balaban J connectivity index is 1.25. The van der Waals surface area contributed by atoms with Crippen LogP contribution in [-0.4, -0.2) is 64.1 Å². The Hall–Kier alpha value is -4.69. The summed E-state index contributed by atoms with van der Waals surface area (Å²) in [5, 5.41) is 6.82. The highest BCUT2D eigenvalue weighted by molar-refractivity contribution is 7.89. The quantitative estimate of drug-likeness (QED) is 0.162. The SMILES string of the molecule is Cc1nc(CS(=O)(=O)Cc2c(F)ccc3c(Oc4ncccc4-c4ccnc(N[C@H]5CCCN(C(=O)OC(C)(C)C)C5)n4)c(C)ccc23)cs1. The minimum Gasteiger partial charge on any atom is -0.444 e. The number of nitrogens with zero attached hydrogens (tertiary/aromatic N) is 5. The van der Waals surface area contributed by atoms with Crippen molar-refractivity contribution in [2.45, 2.75) is 70.6 Å². The summed E-state index contributed by atoms with van der Waals surface area (Å²) in [5.74, 6) is -0.303. The molecule has 0 radical (unpaired) electrons. The summed E-state index contributed by atoms with van der Waals surface area (Å²) in [6.45, 7) is 10.3. The maximum Gasteiger partial charge on any atom is 0.410 e. The van der Waals surface area contributed by atoms with E-state index in [1.807, 2.05) is 40.7 Å². The molecule has 1 atom stereocenters. The monoisotopic (exact) mass is 718 g/mol. The highest BCUT2D eigenvalue weighted by Crippen LogP contribution is 2.38. The number of hydrogen-bond donors (Lipinski definition) is 1. The Bertz CT molecular complexity index is 2150. The molecule has 1 aliphatic rings. The average molecular weight is 719 g/mol. The van der Waals surface area contributed by atoms with Gasteiger partial charge in [-0.1, -0.05) is 12.1 Å². The van der Waals surface area contributed by atoms with Crippen molar-refractivity contribution in [2.75, 3.05) is 18.4 Å². The number of pyridine rings is 1. The van der Waals surface area contributed by atoms with E-state index < -0.39 is 27.0 Å². The zero-order valence-electron chi connectivity index (χ0n) is 28.6. The number of carbonyl (C=O) groups is 1. The molecule has 0 spiro atoms. The van der Waals surface area contributed by atoms with Crippen molar-refractivity contribution >= 4 is 44.0 Å². The number of halogens is 1. The highest BCUT2D eigenvalue weighted by Gasteiger charge is 2.28. The Labute approximate surface area is 294 Å². The van der Waals surface area contributed by atoms with Crippen LogP contribution in [0.2, 0.25) is 0 Å². The number of sulfone groups is 1. The van der Waals surface area contributed by atoms with Crippen LogP contribution in [0.1, 0.15) is 55.4 Å². The minimum absolute atomic E-state index is 0.0695. The van der Waals surface area contributed by atoms with Crippen molar-refractivity contribution < 1.29 is 27.1 Å². The van der Waals surface area contributed by atoms with Crippen molar-refractivity contribution in [1.82, 2.24) is 24.8 Å². The number of rotatable bonds is 9. The number of anilines is 1. The second-order valence-corrected chi connectivity index (χ2v) is 16.5. The van der Waals surface area contributed by atoms with Gasteiger partial charge in [-0.05, 0) is 88.7 Å². The molecule has 3 aromatic heterocycles. The van der Waals surface area contributed by atoms with Crippen LogP contribution in [-0.2, 0) is 26.1 Å². The number of nitrogens with one attached hydrogen (secondary N) is 1. The van der Waals surface area contributed by atoms with Crippen LogP contribution in [0, 0.1) is 19.7 Å². The lowest BCUT2D eigenvalue weighted by Gasteiger charge is -2.34. The van der Waals surface area contributed by atoms with Gasteiger partial charge < -0.3 is 19.7 Å². The van der Waals surface area contributed by atoms with Crippen molar-refractivity contribution in [3.8, 4) is 22.9 Å². The van der Waals surface area contributed by atoms with Gasteiger partial charge in [0.2, 0.25) is 11.8 Å². The second kappa shape index (κ2) is 14.3. The van der Waals surface area contributed by atoms with E-state index in [2.05, 4.69) is 20.3 Å². The third-order valence-corrected chi connectivity index (χ3v) is 10.4. The van der Waals surface area contributed by atoms with Crippen LogP contribution in [0.3, 0.4) is 0 Å². The molecule has 262 valence electrons. The smallest absolute Gasteiger partial charge is 0.410 e. The third-order valence-electron chi connectivity index (χ3n) is 8.11. The van der Waals surface area contributed by atoms with Crippen molar-refractivity contribution in [2.24, 2.45) is 0 Å². The topological polar surface area (TPSA) is 136 Å². The molecule has 0 aliphatic carbocycles. The zero-order valence-corrected chi connectivity index (χ0v) is 30.2. The Kier molecular flexibility index (Phi) is 10.0. The first-order chi connectivity index (χ1) is 23.7. The van der Waals surface area contributed by atoms with Crippen LogP contribution in [0.5, 0.6) is 11.6 Å². The minimum atomic E-state index is -3.74. The Morgan fingerprint density at radius 2 is 1.84 bits per heavy atom. The van der Waals surface area contributed by atoms with Crippen LogP contribution in [0.25, 0.3) is 22.0 Å². The van der Waals surface area contributed by atoms with E-state index in [-0.39, 0.29) is 29.3 Å². The van der Waals surface area contributed by atoms with E-state index in [0.717, 1.165) is 23.4 Å². The summed E-state index contributed by atoms with van der Waals surface area (Å²) < 4.78 is 53.7. The molecule has 1 amide bonds. The summed E-state index contributed by atoms with van der Waals surface area (Å²) in [4.78, 5) is 32.3. The van der Waals surface area contributed by atoms with Gasteiger partial charge in [0.15, 0.2) is 9.84 Å². The molecule has 6 rings (SSSR count).